The average molecular weight is 193 g/mol. The number of aliphatic imine (C=N–C) groups is 1. The zero-order valence-electron chi connectivity index (χ0n) is 7.73. The molecular weight excluding hydrogens is 182 g/mol. The monoisotopic (exact) mass is 193 g/mol. The van der Waals surface area contributed by atoms with E-state index >= 15 is 0 Å². The number of ether oxygens (including phenoxy) is 1. The number of carbonyl (C=O) groups excluding carboxylic acids is 1. The zero-order valence-corrected chi connectivity index (χ0v) is 7.73. The number of hydrogen-bond acceptors (Lipinski definition) is 2. The number of methoxy groups -OCH3 is 1. The first-order chi connectivity index (χ1) is 6.63. The maximum atomic E-state index is 11.3. The lowest BCUT2D eigenvalue weighted by Crippen LogP contribution is -2.24. The topological polar surface area (TPSA) is 90.7 Å². The van der Waals surface area contributed by atoms with Gasteiger partial charge in [-0.1, -0.05) is 6.07 Å². The molecule has 0 radical (unpaired) electrons. The number of amides is 1. The van der Waals surface area contributed by atoms with Crippen LogP contribution < -0.4 is 16.2 Å². The molecule has 1 rings (SSSR count). The molecule has 4 N–H and O–H groups in total. The van der Waals surface area contributed by atoms with E-state index in [1.165, 1.54) is 7.11 Å². The Morgan fingerprint density at radius 2 is 2.14 bits per heavy atom. The van der Waals surface area contributed by atoms with Gasteiger partial charge in [-0.2, -0.15) is 4.99 Å². The predicted molar refractivity (Wildman–Crippen MR) is 53.1 cm³/mol. The Hall–Kier alpha value is -2.04. The molecule has 5 nitrogen and oxygen atoms in total. The van der Waals surface area contributed by atoms with E-state index in [-0.39, 0.29) is 5.96 Å². The van der Waals surface area contributed by atoms with Crippen molar-refractivity contribution in [1.29, 1.82) is 0 Å². The molecular formula is C9H11N3O2. The first-order valence-corrected chi connectivity index (χ1v) is 3.91. The van der Waals surface area contributed by atoms with Crippen molar-refractivity contribution in [2.75, 3.05) is 7.11 Å². The Labute approximate surface area is 81.4 Å². The molecule has 0 spiro atoms. The third-order valence-corrected chi connectivity index (χ3v) is 1.55. The SMILES string of the molecule is COc1cccc(C(=O)N=C(N)N)c1. The normalized spacial score (nSPS) is 9.21. The van der Waals surface area contributed by atoms with Gasteiger partial charge in [0, 0.05) is 5.56 Å². The number of nitrogens with two attached hydrogens (primary N) is 2. The summed E-state index contributed by atoms with van der Waals surface area (Å²) in [5.74, 6) is -0.150. The van der Waals surface area contributed by atoms with Crippen LogP contribution in [0.2, 0.25) is 0 Å². The van der Waals surface area contributed by atoms with Gasteiger partial charge >= 0.3 is 0 Å². The third kappa shape index (κ3) is 2.48. The fraction of sp³-hybridized carbons (Fsp3) is 0.111. The van der Waals surface area contributed by atoms with E-state index in [4.69, 9.17) is 16.2 Å². The van der Waals surface area contributed by atoms with Gasteiger partial charge in [-0.15, -0.1) is 0 Å². The second-order valence-corrected chi connectivity index (χ2v) is 2.57. The Balaban J connectivity index is 2.96. The molecule has 0 aliphatic heterocycles. The molecule has 1 aromatic rings. The maximum absolute atomic E-state index is 11.3. The summed E-state index contributed by atoms with van der Waals surface area (Å²) in [5, 5.41) is 0. The molecule has 0 saturated heterocycles. The molecule has 0 heterocycles. The second-order valence-electron chi connectivity index (χ2n) is 2.57. The quantitative estimate of drug-likeness (QED) is 0.515. The summed E-state index contributed by atoms with van der Waals surface area (Å²) < 4.78 is 4.95. The van der Waals surface area contributed by atoms with E-state index in [1.807, 2.05) is 0 Å². The van der Waals surface area contributed by atoms with Crippen LogP contribution in [0, 0.1) is 0 Å². The smallest absolute Gasteiger partial charge is 0.280 e. The molecule has 0 aromatic heterocycles. The predicted octanol–water partition coefficient (Wildman–Crippen LogP) is 0.109. The van der Waals surface area contributed by atoms with Crippen molar-refractivity contribution in [3.8, 4) is 5.75 Å². The van der Waals surface area contributed by atoms with Crippen LogP contribution in [0.15, 0.2) is 29.3 Å². The first kappa shape index (κ1) is 10.0. The Kier molecular flexibility index (Phi) is 3.06. The Morgan fingerprint density at radius 1 is 1.43 bits per heavy atom. The highest BCUT2D eigenvalue weighted by molar-refractivity contribution is 6.02. The van der Waals surface area contributed by atoms with Crippen molar-refractivity contribution >= 4 is 11.9 Å². The number of carbonyl (C=O) groups is 1. The third-order valence-electron chi connectivity index (χ3n) is 1.55. The molecule has 0 atom stereocenters. The number of nitrogens with zero attached hydrogens (tertiary/aromatic N) is 1. The van der Waals surface area contributed by atoms with Gasteiger partial charge in [-0.25, -0.2) is 0 Å². The van der Waals surface area contributed by atoms with Crippen LogP contribution >= 0.6 is 0 Å². The van der Waals surface area contributed by atoms with E-state index in [9.17, 15) is 4.79 Å². The largest absolute Gasteiger partial charge is 0.497 e. The maximum Gasteiger partial charge on any atom is 0.280 e. The molecule has 0 fully saturated rings. The lowest BCUT2D eigenvalue weighted by Gasteiger charge is -2.00. The summed E-state index contributed by atoms with van der Waals surface area (Å²) in [5.41, 5.74) is 10.5. The van der Waals surface area contributed by atoms with Crippen molar-refractivity contribution in [1.82, 2.24) is 0 Å². The fourth-order valence-corrected chi connectivity index (χ4v) is 0.938. The summed E-state index contributed by atoms with van der Waals surface area (Å²) >= 11 is 0. The van der Waals surface area contributed by atoms with E-state index in [2.05, 4.69) is 4.99 Å². The van der Waals surface area contributed by atoms with Gasteiger partial charge in [-0.3, -0.25) is 4.79 Å². The van der Waals surface area contributed by atoms with Gasteiger partial charge in [0.25, 0.3) is 5.91 Å². The van der Waals surface area contributed by atoms with Gasteiger partial charge in [0.1, 0.15) is 5.75 Å². The summed E-state index contributed by atoms with van der Waals surface area (Å²) in [7, 11) is 1.52. The molecule has 14 heavy (non-hydrogen) atoms. The first-order valence-electron chi connectivity index (χ1n) is 3.91. The zero-order chi connectivity index (χ0) is 10.6. The van der Waals surface area contributed by atoms with Crippen molar-refractivity contribution in [3.05, 3.63) is 29.8 Å². The summed E-state index contributed by atoms with van der Waals surface area (Å²) in [4.78, 5) is 14.7. The van der Waals surface area contributed by atoms with Crippen LogP contribution in [0.5, 0.6) is 5.75 Å². The highest BCUT2D eigenvalue weighted by atomic mass is 16.5. The average Bonchev–Trinajstić information content (AvgIpc) is 2.17. The van der Waals surface area contributed by atoms with E-state index in [0.717, 1.165) is 0 Å². The minimum absolute atomic E-state index is 0.252. The van der Waals surface area contributed by atoms with E-state index in [1.54, 1.807) is 24.3 Å². The molecule has 0 unspecified atom stereocenters. The van der Waals surface area contributed by atoms with Gasteiger partial charge in [0.05, 0.1) is 7.11 Å². The van der Waals surface area contributed by atoms with E-state index < -0.39 is 5.91 Å². The molecule has 1 amide bonds. The van der Waals surface area contributed by atoms with Gasteiger partial charge in [-0.05, 0) is 18.2 Å². The minimum atomic E-state index is -0.482. The van der Waals surface area contributed by atoms with Gasteiger partial charge < -0.3 is 16.2 Å². The van der Waals surface area contributed by atoms with Crippen molar-refractivity contribution in [2.24, 2.45) is 16.5 Å². The van der Waals surface area contributed by atoms with Crippen LogP contribution in [-0.2, 0) is 0 Å². The summed E-state index contributed by atoms with van der Waals surface area (Å²) in [6, 6.07) is 6.59. The molecule has 5 heteroatoms. The van der Waals surface area contributed by atoms with Gasteiger partial charge in [0.2, 0.25) is 0 Å². The number of guanidine groups is 1. The fourth-order valence-electron chi connectivity index (χ4n) is 0.938. The van der Waals surface area contributed by atoms with Crippen molar-refractivity contribution < 1.29 is 9.53 Å². The Bertz CT molecular complexity index is 370. The number of hydrogen-bond donors (Lipinski definition) is 2. The number of benzene rings is 1. The lowest BCUT2D eigenvalue weighted by atomic mass is 10.2. The lowest BCUT2D eigenvalue weighted by molar-refractivity contribution is 0.100. The van der Waals surface area contributed by atoms with Crippen LogP contribution in [0.3, 0.4) is 0 Å². The minimum Gasteiger partial charge on any atom is -0.497 e. The van der Waals surface area contributed by atoms with Crippen LogP contribution in [0.4, 0.5) is 0 Å². The van der Waals surface area contributed by atoms with Crippen LogP contribution in [0.25, 0.3) is 0 Å². The van der Waals surface area contributed by atoms with E-state index in [0.29, 0.717) is 11.3 Å². The second kappa shape index (κ2) is 4.27. The van der Waals surface area contributed by atoms with Gasteiger partial charge in [0.15, 0.2) is 5.96 Å². The summed E-state index contributed by atoms with van der Waals surface area (Å²) in [6.07, 6.45) is 0. The van der Waals surface area contributed by atoms with Crippen LogP contribution in [-0.4, -0.2) is 19.0 Å². The Morgan fingerprint density at radius 3 is 2.71 bits per heavy atom. The highest BCUT2D eigenvalue weighted by Crippen LogP contribution is 2.12. The summed E-state index contributed by atoms with van der Waals surface area (Å²) in [6.45, 7) is 0. The highest BCUT2D eigenvalue weighted by Gasteiger charge is 2.04. The molecule has 1 aromatic carbocycles. The standard InChI is InChI=1S/C9H11N3O2/c1-14-7-4-2-3-6(5-7)8(13)12-9(10)11/h2-5H,1H3,(H4,10,11,12,13). The number of rotatable bonds is 2. The molecule has 0 aliphatic carbocycles. The van der Waals surface area contributed by atoms with Crippen molar-refractivity contribution in [2.45, 2.75) is 0 Å². The molecule has 0 aliphatic rings. The van der Waals surface area contributed by atoms with Crippen molar-refractivity contribution in [3.63, 3.8) is 0 Å². The molecule has 0 bridgehead atoms. The molecule has 0 saturated carbocycles. The molecule has 74 valence electrons. The van der Waals surface area contributed by atoms with Crippen LogP contribution in [0.1, 0.15) is 10.4 Å².